The average molecular weight is 176 g/mol. The predicted octanol–water partition coefficient (Wildman–Crippen LogP) is 3.17. The quantitative estimate of drug-likeness (QED) is 0.626. The van der Waals surface area contributed by atoms with Gasteiger partial charge >= 0.3 is 0 Å². The molecule has 0 spiro atoms. The van der Waals surface area contributed by atoms with E-state index in [9.17, 15) is 0 Å². The lowest BCUT2D eigenvalue weighted by atomic mass is 10.2. The lowest BCUT2D eigenvalue weighted by Gasteiger charge is -2.10. The monoisotopic (exact) mass is 176 g/mol. The normalized spacial score (nSPS) is 12.4. The molecule has 1 rings (SSSR count). The van der Waals surface area contributed by atoms with Crippen LogP contribution in [0.5, 0.6) is 0 Å². The van der Waals surface area contributed by atoms with Crippen LogP contribution in [0.3, 0.4) is 0 Å². The number of ether oxygens (including phenoxy) is 1. The fourth-order valence-electron chi connectivity index (χ4n) is 1.13. The van der Waals surface area contributed by atoms with E-state index in [4.69, 9.17) is 4.74 Å². The summed E-state index contributed by atoms with van der Waals surface area (Å²) in [6.07, 6.45) is 3.01. The fraction of sp³-hybridized carbons (Fsp3) is 0.333. The number of rotatable bonds is 5. The van der Waals surface area contributed by atoms with E-state index in [1.54, 1.807) is 0 Å². The Morgan fingerprint density at radius 3 is 2.62 bits per heavy atom. The van der Waals surface area contributed by atoms with Gasteiger partial charge in [0.25, 0.3) is 0 Å². The summed E-state index contributed by atoms with van der Waals surface area (Å²) >= 11 is 0. The largest absolute Gasteiger partial charge is 0.370 e. The van der Waals surface area contributed by atoms with Crippen LogP contribution in [0.1, 0.15) is 18.9 Å². The third-order valence-corrected chi connectivity index (χ3v) is 1.97. The summed E-state index contributed by atoms with van der Waals surface area (Å²) < 4.78 is 5.61. The Balaban J connectivity index is 2.38. The van der Waals surface area contributed by atoms with Crippen LogP contribution in [0.15, 0.2) is 43.0 Å². The molecule has 1 heteroatoms. The van der Waals surface area contributed by atoms with Crippen LogP contribution in [-0.2, 0) is 11.3 Å². The molecule has 0 amide bonds. The van der Waals surface area contributed by atoms with Gasteiger partial charge in [-0.25, -0.2) is 0 Å². The Hall–Kier alpha value is -1.08. The molecule has 0 aliphatic heterocycles. The molecule has 0 saturated heterocycles. The molecular formula is C12H16O. The van der Waals surface area contributed by atoms with E-state index in [1.165, 1.54) is 5.56 Å². The second kappa shape index (κ2) is 5.55. The predicted molar refractivity (Wildman–Crippen MR) is 55.5 cm³/mol. The van der Waals surface area contributed by atoms with Gasteiger partial charge in [0.1, 0.15) is 0 Å². The first-order valence-corrected chi connectivity index (χ1v) is 4.65. The minimum atomic E-state index is 0.181. The first-order chi connectivity index (χ1) is 6.36. The van der Waals surface area contributed by atoms with E-state index in [2.05, 4.69) is 25.6 Å². The molecule has 70 valence electrons. The lowest BCUT2D eigenvalue weighted by Crippen LogP contribution is -2.07. The Morgan fingerprint density at radius 2 is 2.08 bits per heavy atom. The average Bonchev–Trinajstić information content (AvgIpc) is 2.21. The molecule has 1 nitrogen and oxygen atoms in total. The number of hydrogen-bond donors (Lipinski definition) is 0. The van der Waals surface area contributed by atoms with Crippen LogP contribution >= 0.6 is 0 Å². The van der Waals surface area contributed by atoms with E-state index >= 15 is 0 Å². The van der Waals surface area contributed by atoms with Crippen LogP contribution in [0.2, 0.25) is 0 Å². The van der Waals surface area contributed by atoms with Gasteiger partial charge in [-0.3, -0.25) is 0 Å². The molecule has 0 radical (unpaired) electrons. The van der Waals surface area contributed by atoms with Crippen LogP contribution < -0.4 is 0 Å². The van der Waals surface area contributed by atoms with Gasteiger partial charge in [0.2, 0.25) is 0 Å². The van der Waals surface area contributed by atoms with E-state index in [0.717, 1.165) is 6.42 Å². The molecule has 0 aromatic heterocycles. The van der Waals surface area contributed by atoms with Crippen molar-refractivity contribution in [3.05, 3.63) is 48.6 Å². The van der Waals surface area contributed by atoms with Gasteiger partial charge in [-0.15, -0.1) is 6.58 Å². The number of benzene rings is 1. The molecule has 1 atom stereocenters. The zero-order valence-electron chi connectivity index (χ0n) is 8.07. The first kappa shape index (κ1) is 10.0. The van der Waals surface area contributed by atoms with Crippen molar-refractivity contribution < 1.29 is 4.74 Å². The molecule has 0 heterocycles. The maximum atomic E-state index is 5.61. The fourth-order valence-corrected chi connectivity index (χ4v) is 1.13. The van der Waals surface area contributed by atoms with Crippen LogP contribution in [0.4, 0.5) is 0 Å². The summed E-state index contributed by atoms with van der Waals surface area (Å²) in [5, 5.41) is 0. The molecule has 0 bridgehead atoms. The van der Waals surface area contributed by atoms with E-state index in [1.807, 2.05) is 24.3 Å². The van der Waals surface area contributed by atoms with Crippen molar-refractivity contribution >= 4 is 0 Å². The summed E-state index contributed by atoms with van der Waals surface area (Å²) in [4.78, 5) is 0. The van der Waals surface area contributed by atoms with E-state index < -0.39 is 0 Å². The molecule has 1 unspecified atom stereocenters. The molecular weight excluding hydrogens is 160 g/mol. The van der Waals surface area contributed by atoms with Crippen LogP contribution in [0.25, 0.3) is 0 Å². The lowest BCUT2D eigenvalue weighted by molar-refractivity contribution is 0.0699. The van der Waals surface area contributed by atoms with Gasteiger partial charge in [0.15, 0.2) is 0 Å². The van der Waals surface area contributed by atoms with Crippen molar-refractivity contribution in [2.75, 3.05) is 0 Å². The summed E-state index contributed by atoms with van der Waals surface area (Å²) in [6.45, 7) is 6.49. The first-order valence-electron chi connectivity index (χ1n) is 4.65. The Bertz CT molecular complexity index is 241. The minimum absolute atomic E-state index is 0.181. The third kappa shape index (κ3) is 3.43. The molecule has 0 fully saturated rings. The maximum Gasteiger partial charge on any atom is 0.0755 e. The van der Waals surface area contributed by atoms with Crippen molar-refractivity contribution in [2.45, 2.75) is 26.1 Å². The molecule has 1 aromatic carbocycles. The van der Waals surface area contributed by atoms with Crippen molar-refractivity contribution in [1.29, 1.82) is 0 Å². The van der Waals surface area contributed by atoms with Crippen molar-refractivity contribution in [1.82, 2.24) is 0 Å². The van der Waals surface area contributed by atoms with Gasteiger partial charge in [0, 0.05) is 0 Å². The molecule has 0 aliphatic carbocycles. The molecule has 13 heavy (non-hydrogen) atoms. The maximum absolute atomic E-state index is 5.61. The van der Waals surface area contributed by atoms with Crippen LogP contribution in [-0.4, -0.2) is 6.10 Å². The highest BCUT2D eigenvalue weighted by Gasteiger charge is 2.00. The van der Waals surface area contributed by atoms with E-state index in [0.29, 0.717) is 6.61 Å². The van der Waals surface area contributed by atoms with E-state index in [-0.39, 0.29) is 6.10 Å². The SMILES string of the molecule is C=CC(CC)OCc1ccccc1. The minimum Gasteiger partial charge on any atom is -0.370 e. The summed E-state index contributed by atoms with van der Waals surface area (Å²) in [5.41, 5.74) is 1.21. The second-order valence-electron chi connectivity index (χ2n) is 2.98. The summed E-state index contributed by atoms with van der Waals surface area (Å²) in [7, 11) is 0. The standard InChI is InChI=1S/C12H16O/c1-3-12(4-2)13-10-11-8-6-5-7-9-11/h3,5-9,12H,1,4,10H2,2H3. The molecule has 0 saturated carbocycles. The summed E-state index contributed by atoms with van der Waals surface area (Å²) in [5.74, 6) is 0. The Kier molecular flexibility index (Phi) is 4.27. The van der Waals surface area contributed by atoms with Crippen LogP contribution in [0, 0.1) is 0 Å². The van der Waals surface area contributed by atoms with Gasteiger partial charge in [0.05, 0.1) is 12.7 Å². The highest BCUT2D eigenvalue weighted by Crippen LogP contribution is 2.05. The second-order valence-corrected chi connectivity index (χ2v) is 2.98. The van der Waals surface area contributed by atoms with Gasteiger partial charge in [-0.05, 0) is 12.0 Å². The molecule has 0 N–H and O–H groups in total. The highest BCUT2D eigenvalue weighted by molar-refractivity contribution is 5.13. The molecule has 0 aliphatic rings. The van der Waals surface area contributed by atoms with Crippen molar-refractivity contribution in [2.24, 2.45) is 0 Å². The van der Waals surface area contributed by atoms with Gasteiger partial charge in [-0.2, -0.15) is 0 Å². The van der Waals surface area contributed by atoms with Crippen molar-refractivity contribution in [3.8, 4) is 0 Å². The third-order valence-electron chi connectivity index (χ3n) is 1.97. The molecule has 1 aromatic rings. The Labute approximate surface area is 80.0 Å². The smallest absolute Gasteiger partial charge is 0.0755 e. The van der Waals surface area contributed by atoms with Crippen molar-refractivity contribution in [3.63, 3.8) is 0 Å². The zero-order chi connectivity index (χ0) is 9.52. The highest BCUT2D eigenvalue weighted by atomic mass is 16.5. The topological polar surface area (TPSA) is 9.23 Å². The van der Waals surface area contributed by atoms with Gasteiger partial charge < -0.3 is 4.74 Å². The zero-order valence-corrected chi connectivity index (χ0v) is 8.07. The number of hydrogen-bond acceptors (Lipinski definition) is 1. The summed E-state index contributed by atoms with van der Waals surface area (Å²) in [6, 6.07) is 10.2. The van der Waals surface area contributed by atoms with Gasteiger partial charge in [-0.1, -0.05) is 43.3 Å². The Morgan fingerprint density at radius 1 is 1.38 bits per heavy atom.